The van der Waals surface area contributed by atoms with Gasteiger partial charge in [0, 0.05) is 11.6 Å². The monoisotopic (exact) mass is 414 g/mol. The first-order valence-electron chi connectivity index (χ1n) is 6.75. The highest BCUT2D eigenvalue weighted by Crippen LogP contribution is 2.36. The maximum Gasteiger partial charge on any atom is 0.343 e. The Morgan fingerprint density at radius 1 is 1.04 bits per heavy atom. The number of rotatable bonds is 6. The van der Waals surface area contributed by atoms with E-state index in [0.717, 1.165) is 0 Å². The highest BCUT2D eigenvalue weighted by molar-refractivity contribution is 9.10. The van der Waals surface area contributed by atoms with Gasteiger partial charge in [-0.2, -0.15) is 8.42 Å². The molecule has 2 aromatic carbocycles. The molecular formula is C16H15BrO6S. The first-order chi connectivity index (χ1) is 11.3. The molecule has 0 aromatic heterocycles. The van der Waals surface area contributed by atoms with Gasteiger partial charge in [0.15, 0.2) is 10.7 Å². The molecule has 0 unspecified atom stereocenters. The van der Waals surface area contributed by atoms with Crippen LogP contribution in [0.1, 0.15) is 17.3 Å². The average Bonchev–Trinajstić information content (AvgIpc) is 2.54. The summed E-state index contributed by atoms with van der Waals surface area (Å²) < 4.78 is 41.1. The second-order valence-corrected chi connectivity index (χ2v) is 7.13. The molecule has 0 amide bonds. The first kappa shape index (κ1) is 18.3. The third kappa shape index (κ3) is 3.88. The van der Waals surface area contributed by atoms with Gasteiger partial charge in [0.1, 0.15) is 17.2 Å². The van der Waals surface area contributed by atoms with E-state index < -0.39 is 10.1 Å². The molecule has 2 rings (SSSR count). The van der Waals surface area contributed by atoms with Crippen molar-refractivity contribution in [1.29, 1.82) is 0 Å². The van der Waals surface area contributed by atoms with Crippen molar-refractivity contribution in [3.05, 3.63) is 46.4 Å². The molecule has 0 bridgehead atoms. The summed E-state index contributed by atoms with van der Waals surface area (Å²) in [4.78, 5) is 11.2. The Labute approximate surface area is 148 Å². The zero-order valence-electron chi connectivity index (χ0n) is 13.2. The van der Waals surface area contributed by atoms with Crippen LogP contribution in [-0.2, 0) is 10.1 Å². The summed E-state index contributed by atoms with van der Waals surface area (Å²) in [6.07, 6.45) is 0. The lowest BCUT2D eigenvalue weighted by atomic mass is 10.1. The van der Waals surface area contributed by atoms with Crippen molar-refractivity contribution in [3.8, 4) is 17.2 Å². The van der Waals surface area contributed by atoms with Crippen LogP contribution in [0.5, 0.6) is 17.2 Å². The van der Waals surface area contributed by atoms with E-state index in [-0.39, 0.29) is 22.2 Å². The minimum Gasteiger partial charge on any atom is -0.496 e. The van der Waals surface area contributed by atoms with Crippen LogP contribution >= 0.6 is 15.9 Å². The lowest BCUT2D eigenvalue weighted by Gasteiger charge is -2.13. The van der Waals surface area contributed by atoms with Gasteiger partial charge >= 0.3 is 10.1 Å². The Balaban J connectivity index is 2.47. The first-order valence-corrected chi connectivity index (χ1v) is 8.95. The van der Waals surface area contributed by atoms with Crippen LogP contribution in [0.3, 0.4) is 0 Å². The Bertz CT molecular complexity index is 876. The van der Waals surface area contributed by atoms with E-state index in [1.165, 1.54) is 45.4 Å². The molecule has 0 spiro atoms. The summed E-state index contributed by atoms with van der Waals surface area (Å²) >= 11 is 3.26. The number of ether oxygens (including phenoxy) is 2. The summed E-state index contributed by atoms with van der Waals surface area (Å²) in [5.41, 5.74) is 0.350. The Hall–Kier alpha value is -2.06. The van der Waals surface area contributed by atoms with Gasteiger partial charge < -0.3 is 13.7 Å². The number of carbonyl (C=O) groups is 1. The minimum atomic E-state index is -4.19. The number of ketones is 1. The number of halogens is 1. The predicted molar refractivity (Wildman–Crippen MR) is 91.5 cm³/mol. The van der Waals surface area contributed by atoms with Crippen LogP contribution in [0.4, 0.5) is 0 Å². The Morgan fingerprint density at radius 2 is 1.71 bits per heavy atom. The number of hydrogen-bond donors (Lipinski definition) is 0. The highest BCUT2D eigenvalue weighted by atomic mass is 79.9. The quantitative estimate of drug-likeness (QED) is 0.531. The van der Waals surface area contributed by atoms with Gasteiger partial charge in [0.05, 0.1) is 18.7 Å². The van der Waals surface area contributed by atoms with Crippen molar-refractivity contribution in [1.82, 2.24) is 0 Å². The molecule has 0 saturated heterocycles. The maximum atomic E-state index is 12.6. The molecule has 24 heavy (non-hydrogen) atoms. The lowest BCUT2D eigenvalue weighted by molar-refractivity contribution is 0.101. The largest absolute Gasteiger partial charge is 0.496 e. The van der Waals surface area contributed by atoms with Crippen molar-refractivity contribution in [2.45, 2.75) is 11.8 Å². The molecule has 0 aliphatic heterocycles. The van der Waals surface area contributed by atoms with E-state index in [2.05, 4.69) is 15.9 Å². The van der Waals surface area contributed by atoms with E-state index in [4.69, 9.17) is 13.7 Å². The zero-order chi connectivity index (χ0) is 17.9. The molecule has 2 aromatic rings. The SMILES string of the molecule is COc1cc(S(=O)(=O)Oc2cccc(C(C)=O)c2)c(OC)cc1Br. The van der Waals surface area contributed by atoms with Crippen LogP contribution < -0.4 is 13.7 Å². The summed E-state index contributed by atoms with van der Waals surface area (Å²) in [5.74, 6) is 0.258. The van der Waals surface area contributed by atoms with Crippen LogP contribution in [0.15, 0.2) is 45.8 Å². The average molecular weight is 415 g/mol. The van der Waals surface area contributed by atoms with Crippen molar-refractivity contribution in [3.63, 3.8) is 0 Å². The normalized spacial score (nSPS) is 11.0. The lowest BCUT2D eigenvalue weighted by Crippen LogP contribution is -2.12. The molecule has 0 saturated carbocycles. The van der Waals surface area contributed by atoms with Gasteiger partial charge in [-0.3, -0.25) is 4.79 Å². The minimum absolute atomic E-state index is 0.0339. The van der Waals surface area contributed by atoms with Crippen molar-refractivity contribution in [2.75, 3.05) is 14.2 Å². The van der Waals surface area contributed by atoms with E-state index in [1.807, 2.05) is 0 Å². The van der Waals surface area contributed by atoms with Gasteiger partial charge in [-0.15, -0.1) is 0 Å². The molecule has 0 aliphatic rings. The third-order valence-corrected chi connectivity index (χ3v) is 5.04. The van der Waals surface area contributed by atoms with Gasteiger partial charge in [-0.1, -0.05) is 12.1 Å². The van der Waals surface area contributed by atoms with Gasteiger partial charge in [-0.05, 0) is 41.1 Å². The van der Waals surface area contributed by atoms with E-state index >= 15 is 0 Å². The standard InChI is InChI=1S/C16H15BrO6S/c1-10(18)11-5-4-6-12(7-11)23-24(19,20)16-9-14(21-2)13(17)8-15(16)22-3/h4-9H,1-3H3. The summed E-state index contributed by atoms with van der Waals surface area (Å²) in [7, 11) is -1.42. The molecular weight excluding hydrogens is 400 g/mol. The molecule has 0 atom stereocenters. The fraction of sp³-hybridized carbons (Fsp3) is 0.188. The van der Waals surface area contributed by atoms with E-state index in [9.17, 15) is 13.2 Å². The van der Waals surface area contributed by atoms with E-state index in [1.54, 1.807) is 12.1 Å². The van der Waals surface area contributed by atoms with Crippen molar-refractivity contribution >= 4 is 31.8 Å². The van der Waals surface area contributed by atoms with Gasteiger partial charge in [-0.25, -0.2) is 0 Å². The number of hydrogen-bond acceptors (Lipinski definition) is 6. The number of benzene rings is 2. The fourth-order valence-electron chi connectivity index (χ4n) is 1.97. The van der Waals surface area contributed by atoms with Crippen LogP contribution in [0, 0.1) is 0 Å². The van der Waals surface area contributed by atoms with Crippen LogP contribution in [-0.4, -0.2) is 28.4 Å². The number of carbonyl (C=O) groups excluding carboxylic acids is 1. The van der Waals surface area contributed by atoms with Gasteiger partial charge in [0.2, 0.25) is 0 Å². The molecule has 8 heteroatoms. The predicted octanol–water partition coefficient (Wildman–Crippen LogP) is 3.44. The highest BCUT2D eigenvalue weighted by Gasteiger charge is 2.24. The molecule has 6 nitrogen and oxygen atoms in total. The Kier molecular flexibility index (Phi) is 5.51. The second-order valence-electron chi connectivity index (χ2n) is 4.76. The third-order valence-electron chi connectivity index (χ3n) is 3.15. The molecule has 0 radical (unpaired) electrons. The zero-order valence-corrected chi connectivity index (χ0v) is 15.6. The second kappa shape index (κ2) is 7.23. The maximum absolute atomic E-state index is 12.6. The summed E-state index contributed by atoms with van der Waals surface area (Å²) in [6, 6.07) is 8.70. The number of methoxy groups -OCH3 is 2. The molecule has 0 N–H and O–H groups in total. The number of Topliss-reactive ketones (excluding diaryl/α,β-unsaturated/α-hetero) is 1. The van der Waals surface area contributed by atoms with Crippen molar-refractivity contribution < 1.29 is 26.9 Å². The van der Waals surface area contributed by atoms with E-state index in [0.29, 0.717) is 15.8 Å². The van der Waals surface area contributed by atoms with Crippen LogP contribution in [0.25, 0.3) is 0 Å². The molecule has 128 valence electrons. The molecule has 0 aliphatic carbocycles. The molecule has 0 fully saturated rings. The Morgan fingerprint density at radius 3 is 2.29 bits per heavy atom. The fourth-order valence-corrected chi connectivity index (χ4v) is 3.54. The van der Waals surface area contributed by atoms with Crippen LogP contribution in [0.2, 0.25) is 0 Å². The van der Waals surface area contributed by atoms with Gasteiger partial charge in [0.25, 0.3) is 0 Å². The molecule has 0 heterocycles. The summed E-state index contributed by atoms with van der Waals surface area (Å²) in [5, 5.41) is 0. The summed E-state index contributed by atoms with van der Waals surface area (Å²) in [6.45, 7) is 1.39. The van der Waals surface area contributed by atoms with Crippen molar-refractivity contribution in [2.24, 2.45) is 0 Å². The smallest absolute Gasteiger partial charge is 0.343 e. The topological polar surface area (TPSA) is 78.9 Å².